The SMILES string of the molecule is CCNc1ccc(C(C)=O)cc1/N=C1/S/C(=C2\SC3=C(CCCC3)N2C)C(=O)N1Cc1ccc(C(=O)OC)cc1. The lowest BCUT2D eigenvalue weighted by atomic mass is 10.0. The molecule has 0 unspecified atom stereocenters. The molecule has 1 N–H and O–H groups in total. The van der Waals surface area contributed by atoms with Gasteiger partial charge in [-0.15, -0.1) is 0 Å². The number of aliphatic imine (C=N–C) groups is 1. The van der Waals surface area contributed by atoms with E-state index in [0.29, 0.717) is 33.4 Å². The molecule has 2 aromatic carbocycles. The number of ether oxygens (including phenoxy) is 1. The highest BCUT2D eigenvalue weighted by atomic mass is 32.2. The third-order valence-electron chi connectivity index (χ3n) is 7.08. The fourth-order valence-corrected chi connectivity index (χ4v) is 7.44. The van der Waals surface area contributed by atoms with Crippen molar-refractivity contribution in [2.75, 3.05) is 26.0 Å². The number of thioether (sulfide) groups is 2. The zero-order valence-corrected chi connectivity index (χ0v) is 24.7. The Balaban J connectivity index is 1.55. The first kappa shape index (κ1) is 28.0. The van der Waals surface area contributed by atoms with E-state index in [1.165, 1.54) is 42.8 Å². The minimum absolute atomic E-state index is 0.0503. The lowest BCUT2D eigenvalue weighted by Gasteiger charge is -2.20. The fraction of sp³-hybridized carbons (Fsp3) is 0.333. The molecule has 8 nitrogen and oxygen atoms in total. The summed E-state index contributed by atoms with van der Waals surface area (Å²) < 4.78 is 4.82. The number of hydrogen-bond acceptors (Lipinski definition) is 9. The normalized spacial score (nSPS) is 19.9. The van der Waals surface area contributed by atoms with Crippen LogP contribution >= 0.6 is 23.5 Å². The maximum Gasteiger partial charge on any atom is 0.337 e. The summed E-state index contributed by atoms with van der Waals surface area (Å²) >= 11 is 3.07. The number of amidine groups is 1. The van der Waals surface area contributed by atoms with Crippen LogP contribution in [0.5, 0.6) is 0 Å². The molecule has 208 valence electrons. The number of amides is 1. The van der Waals surface area contributed by atoms with Crippen LogP contribution in [0.1, 0.15) is 65.8 Å². The van der Waals surface area contributed by atoms with Crippen molar-refractivity contribution < 1.29 is 19.1 Å². The lowest BCUT2D eigenvalue weighted by molar-refractivity contribution is -0.122. The van der Waals surface area contributed by atoms with E-state index in [9.17, 15) is 14.4 Å². The number of nitrogens with zero attached hydrogens (tertiary/aromatic N) is 3. The predicted octanol–water partition coefficient (Wildman–Crippen LogP) is 6.50. The van der Waals surface area contributed by atoms with Gasteiger partial charge in [-0.25, -0.2) is 9.79 Å². The van der Waals surface area contributed by atoms with E-state index in [0.717, 1.165) is 35.5 Å². The summed E-state index contributed by atoms with van der Waals surface area (Å²) in [5.74, 6) is -0.568. The zero-order valence-electron chi connectivity index (χ0n) is 23.1. The van der Waals surface area contributed by atoms with E-state index in [1.54, 1.807) is 40.9 Å². The smallest absolute Gasteiger partial charge is 0.337 e. The first-order valence-corrected chi connectivity index (χ1v) is 15.0. The minimum Gasteiger partial charge on any atom is -0.465 e. The second-order valence-electron chi connectivity index (χ2n) is 9.77. The van der Waals surface area contributed by atoms with E-state index in [1.807, 2.05) is 32.2 Å². The molecule has 1 amide bonds. The maximum atomic E-state index is 14.0. The van der Waals surface area contributed by atoms with Crippen molar-refractivity contribution >= 4 is 57.7 Å². The van der Waals surface area contributed by atoms with Gasteiger partial charge in [-0.05, 0) is 87.2 Å². The number of hydrogen-bond donors (Lipinski definition) is 1. The molecule has 1 aliphatic carbocycles. The molecule has 10 heteroatoms. The third kappa shape index (κ3) is 5.55. The number of allylic oxidation sites excluding steroid dienone is 2. The highest BCUT2D eigenvalue weighted by Gasteiger charge is 2.40. The van der Waals surface area contributed by atoms with Gasteiger partial charge in [0.25, 0.3) is 5.91 Å². The largest absolute Gasteiger partial charge is 0.465 e. The van der Waals surface area contributed by atoms with E-state index in [2.05, 4.69) is 10.2 Å². The highest BCUT2D eigenvalue weighted by Crippen LogP contribution is 2.51. The van der Waals surface area contributed by atoms with Crippen LogP contribution in [-0.4, -0.2) is 53.3 Å². The average Bonchev–Trinajstić information content (AvgIpc) is 3.45. The van der Waals surface area contributed by atoms with Crippen LogP contribution < -0.4 is 5.32 Å². The summed E-state index contributed by atoms with van der Waals surface area (Å²) in [6.07, 6.45) is 4.40. The van der Waals surface area contributed by atoms with Gasteiger partial charge in [0.1, 0.15) is 4.91 Å². The summed E-state index contributed by atoms with van der Waals surface area (Å²) in [7, 11) is 3.39. The van der Waals surface area contributed by atoms with Gasteiger partial charge in [0.2, 0.25) is 0 Å². The molecule has 0 atom stereocenters. The minimum atomic E-state index is -0.410. The number of ketones is 1. The summed E-state index contributed by atoms with van der Waals surface area (Å²) in [6.45, 7) is 4.50. The van der Waals surface area contributed by atoms with Crippen molar-refractivity contribution in [1.29, 1.82) is 0 Å². The topological polar surface area (TPSA) is 91.3 Å². The summed E-state index contributed by atoms with van der Waals surface area (Å²) in [5.41, 5.74) is 4.57. The average molecular weight is 577 g/mol. The molecule has 1 saturated heterocycles. The molecule has 1 fully saturated rings. The van der Waals surface area contributed by atoms with Crippen LogP contribution in [0, 0.1) is 0 Å². The predicted molar refractivity (Wildman–Crippen MR) is 162 cm³/mol. The van der Waals surface area contributed by atoms with Crippen LogP contribution in [0.2, 0.25) is 0 Å². The van der Waals surface area contributed by atoms with Crippen molar-refractivity contribution in [2.24, 2.45) is 4.99 Å². The molecule has 0 bridgehead atoms. The van der Waals surface area contributed by atoms with E-state index in [4.69, 9.17) is 9.73 Å². The van der Waals surface area contributed by atoms with Crippen LogP contribution in [0.3, 0.4) is 0 Å². The summed E-state index contributed by atoms with van der Waals surface area (Å²) in [4.78, 5) is 48.9. The molecule has 2 heterocycles. The van der Waals surface area contributed by atoms with Gasteiger partial charge >= 0.3 is 5.97 Å². The van der Waals surface area contributed by atoms with Gasteiger partial charge in [0.05, 0.1) is 35.6 Å². The van der Waals surface area contributed by atoms with E-state index < -0.39 is 5.97 Å². The van der Waals surface area contributed by atoms with Gasteiger partial charge in [-0.2, -0.15) is 0 Å². The first-order chi connectivity index (χ1) is 19.3. The van der Waals surface area contributed by atoms with Crippen LogP contribution in [0.25, 0.3) is 0 Å². The monoisotopic (exact) mass is 576 g/mol. The second kappa shape index (κ2) is 11.9. The number of rotatable bonds is 7. The van der Waals surface area contributed by atoms with E-state index >= 15 is 0 Å². The second-order valence-corrected chi connectivity index (χ2v) is 11.8. The Morgan fingerprint density at radius 2 is 1.77 bits per heavy atom. The number of methoxy groups -OCH3 is 1. The standard InChI is InChI=1S/C30H32N4O4S2/c1-5-31-22-15-14-21(18(2)35)16-23(22)32-30-34(17-19-10-12-20(13-11-19)29(37)38-4)27(36)26(40-30)28-33(3)24-8-6-7-9-25(24)39-28/h10-16,31H,5-9,17H2,1-4H3/b28-26-,32-30+. The molecule has 0 radical (unpaired) electrons. The molecule has 2 aliphatic heterocycles. The molecule has 3 aliphatic rings. The van der Waals surface area contributed by atoms with Crippen molar-refractivity contribution in [3.63, 3.8) is 0 Å². The van der Waals surface area contributed by atoms with Crippen molar-refractivity contribution in [1.82, 2.24) is 9.80 Å². The molecule has 5 rings (SSSR count). The summed E-state index contributed by atoms with van der Waals surface area (Å²) in [6, 6.07) is 12.4. The molecule has 2 aromatic rings. The van der Waals surface area contributed by atoms with E-state index in [-0.39, 0.29) is 18.2 Å². The Kier molecular flexibility index (Phi) is 8.37. The van der Waals surface area contributed by atoms with Gasteiger partial charge in [-0.3, -0.25) is 14.5 Å². The number of nitrogens with one attached hydrogen (secondary N) is 1. The Morgan fingerprint density at radius 3 is 2.45 bits per heavy atom. The van der Waals surface area contributed by atoms with Gasteiger partial charge in [0, 0.05) is 29.8 Å². The number of Topliss-reactive ketones (excluding diaryl/α,β-unsaturated/α-hetero) is 1. The molecule has 0 aromatic heterocycles. The third-order valence-corrected chi connectivity index (χ3v) is 9.63. The Labute approximate surface area is 242 Å². The summed E-state index contributed by atoms with van der Waals surface area (Å²) in [5, 5.41) is 4.81. The number of benzene rings is 2. The molecule has 0 saturated carbocycles. The zero-order chi connectivity index (χ0) is 28.4. The molecular weight excluding hydrogens is 544 g/mol. The van der Waals surface area contributed by atoms with Crippen LogP contribution in [0.15, 0.2) is 68.0 Å². The van der Waals surface area contributed by atoms with Gasteiger partial charge in [-0.1, -0.05) is 23.9 Å². The fourth-order valence-electron chi connectivity index (χ4n) is 4.92. The Hall–Kier alpha value is -3.50. The van der Waals surface area contributed by atoms with Crippen LogP contribution in [-0.2, 0) is 16.1 Å². The van der Waals surface area contributed by atoms with Gasteiger partial charge < -0.3 is 15.0 Å². The number of carbonyl (C=O) groups is 3. The van der Waals surface area contributed by atoms with Crippen LogP contribution in [0.4, 0.5) is 11.4 Å². The number of anilines is 1. The van der Waals surface area contributed by atoms with Crippen molar-refractivity contribution in [2.45, 2.75) is 46.1 Å². The molecular formula is C30H32N4O4S2. The molecule has 40 heavy (non-hydrogen) atoms. The van der Waals surface area contributed by atoms with Crippen molar-refractivity contribution in [3.05, 3.63) is 79.7 Å². The molecule has 0 spiro atoms. The Bertz CT molecular complexity index is 1460. The maximum absolute atomic E-state index is 14.0. The lowest BCUT2D eigenvalue weighted by Crippen LogP contribution is -2.29. The first-order valence-electron chi connectivity index (χ1n) is 13.3. The number of esters is 1. The van der Waals surface area contributed by atoms with Gasteiger partial charge in [0.15, 0.2) is 11.0 Å². The quantitative estimate of drug-likeness (QED) is 0.227. The van der Waals surface area contributed by atoms with Crippen molar-refractivity contribution in [3.8, 4) is 0 Å². The number of carbonyl (C=O) groups excluding carboxylic acids is 3. The highest BCUT2D eigenvalue weighted by molar-refractivity contribution is 8.19. The Morgan fingerprint density at radius 1 is 1.05 bits per heavy atom.